The van der Waals surface area contributed by atoms with E-state index in [1.165, 1.54) is 0 Å². The maximum Gasteiger partial charge on any atom is 0.279 e. The van der Waals surface area contributed by atoms with E-state index in [0.717, 1.165) is 13.0 Å². The minimum Gasteiger partial charge on any atom is -0.391 e. The SMILES string of the molecule is Cc1nc(C(=O)N[C@@H]2CC3(C[C@H]2O)CN(C)C3C(C)C)c(=O)[nH]c1C. The van der Waals surface area contributed by atoms with E-state index < -0.39 is 17.6 Å². The Morgan fingerprint density at radius 1 is 1.40 bits per heavy atom. The van der Waals surface area contributed by atoms with Crippen LogP contribution in [0.5, 0.6) is 0 Å². The van der Waals surface area contributed by atoms with Crippen LogP contribution in [-0.2, 0) is 0 Å². The lowest BCUT2D eigenvalue weighted by Gasteiger charge is -2.57. The van der Waals surface area contributed by atoms with Gasteiger partial charge in [-0.1, -0.05) is 13.8 Å². The molecule has 0 radical (unpaired) electrons. The molecule has 1 aliphatic heterocycles. The molecule has 1 saturated heterocycles. The number of aliphatic hydroxyl groups excluding tert-OH is 1. The van der Waals surface area contributed by atoms with Gasteiger partial charge in [0.05, 0.1) is 17.8 Å². The molecule has 1 spiro atoms. The molecule has 4 atom stereocenters. The standard InChI is InChI=1S/C18H28N4O3/c1-9(2)15-18(8-22(15)5)6-12(13(23)7-18)21-17(25)14-16(24)20-11(4)10(3)19-14/h9,12-13,15,23H,6-8H2,1-5H3,(H,20,24)(H,21,25)/t12-,13-,15?,18?/m1/s1. The lowest BCUT2D eigenvalue weighted by atomic mass is 9.66. The smallest absolute Gasteiger partial charge is 0.279 e. The fraction of sp³-hybridized carbons (Fsp3) is 0.722. The van der Waals surface area contributed by atoms with Gasteiger partial charge in [-0.25, -0.2) is 4.98 Å². The Labute approximate surface area is 147 Å². The number of H-pyrrole nitrogens is 1. The van der Waals surface area contributed by atoms with Crippen LogP contribution in [0.2, 0.25) is 0 Å². The van der Waals surface area contributed by atoms with Gasteiger partial charge >= 0.3 is 0 Å². The first-order valence-electron chi connectivity index (χ1n) is 8.91. The number of hydrogen-bond donors (Lipinski definition) is 3. The van der Waals surface area contributed by atoms with Crippen molar-refractivity contribution in [2.75, 3.05) is 13.6 Å². The van der Waals surface area contributed by atoms with Crippen molar-refractivity contribution in [3.63, 3.8) is 0 Å². The predicted octanol–water partition coefficient (Wildman–Crippen LogP) is 0.596. The summed E-state index contributed by atoms with van der Waals surface area (Å²) in [4.78, 5) is 33.6. The number of rotatable bonds is 3. The highest BCUT2D eigenvalue weighted by molar-refractivity contribution is 5.92. The number of amides is 1. The van der Waals surface area contributed by atoms with Crippen molar-refractivity contribution < 1.29 is 9.90 Å². The lowest BCUT2D eigenvalue weighted by Crippen LogP contribution is -2.64. The van der Waals surface area contributed by atoms with Crippen molar-refractivity contribution in [3.8, 4) is 0 Å². The zero-order chi connectivity index (χ0) is 18.5. The first kappa shape index (κ1) is 18.1. The molecule has 25 heavy (non-hydrogen) atoms. The molecule has 1 aromatic heterocycles. The Hall–Kier alpha value is -1.73. The Morgan fingerprint density at radius 2 is 2.08 bits per heavy atom. The second kappa shape index (κ2) is 6.21. The molecule has 0 bridgehead atoms. The molecule has 3 rings (SSSR count). The van der Waals surface area contributed by atoms with Gasteiger partial charge in [0.2, 0.25) is 0 Å². The second-order valence-corrected chi connectivity index (χ2v) is 8.15. The van der Waals surface area contributed by atoms with E-state index in [0.29, 0.717) is 29.8 Å². The van der Waals surface area contributed by atoms with Crippen molar-refractivity contribution in [1.82, 2.24) is 20.2 Å². The van der Waals surface area contributed by atoms with Crippen LogP contribution < -0.4 is 10.9 Å². The van der Waals surface area contributed by atoms with E-state index in [2.05, 4.69) is 41.1 Å². The monoisotopic (exact) mass is 348 g/mol. The highest BCUT2D eigenvalue weighted by Gasteiger charge is 2.58. The number of carbonyl (C=O) groups is 1. The van der Waals surface area contributed by atoms with Crippen molar-refractivity contribution in [2.24, 2.45) is 11.3 Å². The molecule has 2 unspecified atom stereocenters. The summed E-state index contributed by atoms with van der Waals surface area (Å²) in [5.41, 5.74) is 0.685. The van der Waals surface area contributed by atoms with Crippen molar-refractivity contribution >= 4 is 5.91 Å². The first-order valence-corrected chi connectivity index (χ1v) is 8.91. The Kier molecular flexibility index (Phi) is 4.49. The topological polar surface area (TPSA) is 98.3 Å². The van der Waals surface area contributed by atoms with E-state index in [9.17, 15) is 14.7 Å². The van der Waals surface area contributed by atoms with Gasteiger partial charge in [0.15, 0.2) is 5.69 Å². The van der Waals surface area contributed by atoms with Crippen LogP contribution in [0.25, 0.3) is 0 Å². The minimum atomic E-state index is -0.593. The third-order valence-electron chi connectivity index (χ3n) is 5.87. The third-order valence-corrected chi connectivity index (χ3v) is 5.87. The van der Waals surface area contributed by atoms with Crippen LogP contribution in [-0.4, -0.2) is 57.7 Å². The summed E-state index contributed by atoms with van der Waals surface area (Å²) in [5, 5.41) is 13.3. The molecule has 1 amide bonds. The molecule has 2 fully saturated rings. The second-order valence-electron chi connectivity index (χ2n) is 8.15. The molecule has 2 aliphatic rings. The zero-order valence-corrected chi connectivity index (χ0v) is 15.6. The number of aromatic nitrogens is 2. The number of aryl methyl sites for hydroxylation is 2. The summed E-state index contributed by atoms with van der Waals surface area (Å²) >= 11 is 0. The molecular formula is C18H28N4O3. The van der Waals surface area contributed by atoms with E-state index in [1.807, 2.05) is 0 Å². The van der Waals surface area contributed by atoms with Crippen LogP contribution >= 0.6 is 0 Å². The highest BCUT2D eigenvalue weighted by atomic mass is 16.3. The van der Waals surface area contributed by atoms with Crippen LogP contribution in [0.4, 0.5) is 0 Å². The molecule has 0 aromatic carbocycles. The number of carbonyl (C=O) groups excluding carboxylic acids is 1. The van der Waals surface area contributed by atoms with Crippen molar-refractivity contribution in [3.05, 3.63) is 27.4 Å². The summed E-state index contributed by atoms with van der Waals surface area (Å²) in [6, 6.07) is 0.0671. The average Bonchev–Trinajstić information content (AvgIpc) is 2.79. The Bertz CT molecular complexity index is 740. The van der Waals surface area contributed by atoms with E-state index in [-0.39, 0.29) is 17.2 Å². The summed E-state index contributed by atoms with van der Waals surface area (Å²) in [5.74, 6) is -0.0242. The molecule has 2 heterocycles. The molecule has 1 aromatic rings. The zero-order valence-electron chi connectivity index (χ0n) is 15.6. The van der Waals surface area contributed by atoms with E-state index in [4.69, 9.17) is 0 Å². The lowest BCUT2D eigenvalue weighted by molar-refractivity contribution is -0.0827. The fourth-order valence-electron chi connectivity index (χ4n) is 5.01. The number of nitrogens with one attached hydrogen (secondary N) is 2. The molecule has 1 aliphatic carbocycles. The van der Waals surface area contributed by atoms with E-state index in [1.54, 1.807) is 13.8 Å². The number of likely N-dealkylation sites (tertiary alicyclic amines) is 1. The Morgan fingerprint density at radius 3 is 2.68 bits per heavy atom. The third kappa shape index (κ3) is 3.00. The van der Waals surface area contributed by atoms with Gasteiger partial charge in [0.1, 0.15) is 0 Å². The number of aliphatic hydroxyl groups is 1. The van der Waals surface area contributed by atoms with Crippen molar-refractivity contribution in [2.45, 2.75) is 58.7 Å². The molecule has 1 saturated carbocycles. The van der Waals surface area contributed by atoms with Crippen LogP contribution in [0.1, 0.15) is 48.6 Å². The fourth-order valence-corrected chi connectivity index (χ4v) is 5.01. The van der Waals surface area contributed by atoms with Gasteiger partial charge in [0.25, 0.3) is 11.5 Å². The molecule has 138 valence electrons. The van der Waals surface area contributed by atoms with Gasteiger partial charge in [-0.3, -0.25) is 9.59 Å². The van der Waals surface area contributed by atoms with Gasteiger partial charge in [-0.15, -0.1) is 0 Å². The summed E-state index contributed by atoms with van der Waals surface area (Å²) < 4.78 is 0. The summed E-state index contributed by atoms with van der Waals surface area (Å²) in [7, 11) is 2.10. The normalized spacial score (nSPS) is 32.2. The summed E-state index contributed by atoms with van der Waals surface area (Å²) in [6.07, 6.45) is 0.821. The van der Waals surface area contributed by atoms with Crippen molar-refractivity contribution in [1.29, 1.82) is 0 Å². The number of nitrogens with zero attached hydrogens (tertiary/aromatic N) is 2. The van der Waals surface area contributed by atoms with Crippen LogP contribution in [0, 0.1) is 25.2 Å². The Balaban J connectivity index is 1.75. The molecular weight excluding hydrogens is 320 g/mol. The largest absolute Gasteiger partial charge is 0.391 e. The number of hydrogen-bond acceptors (Lipinski definition) is 5. The predicted molar refractivity (Wildman–Crippen MR) is 94.5 cm³/mol. The number of aromatic amines is 1. The molecule has 3 N–H and O–H groups in total. The van der Waals surface area contributed by atoms with Gasteiger partial charge in [0, 0.05) is 23.7 Å². The minimum absolute atomic E-state index is 0.0450. The maximum atomic E-state index is 12.5. The summed E-state index contributed by atoms with van der Waals surface area (Å²) in [6.45, 7) is 8.81. The quantitative estimate of drug-likeness (QED) is 0.743. The highest BCUT2D eigenvalue weighted by Crippen LogP contribution is 2.52. The molecule has 7 heteroatoms. The maximum absolute atomic E-state index is 12.5. The van der Waals surface area contributed by atoms with Gasteiger partial charge in [-0.05, 0) is 39.7 Å². The van der Waals surface area contributed by atoms with Gasteiger partial charge in [-0.2, -0.15) is 0 Å². The van der Waals surface area contributed by atoms with Crippen LogP contribution in [0.3, 0.4) is 0 Å². The van der Waals surface area contributed by atoms with Gasteiger partial charge < -0.3 is 20.3 Å². The van der Waals surface area contributed by atoms with Crippen LogP contribution in [0.15, 0.2) is 4.79 Å². The first-order chi connectivity index (χ1) is 11.6. The average molecular weight is 348 g/mol. The van der Waals surface area contributed by atoms with E-state index >= 15 is 0 Å². The molecule has 7 nitrogen and oxygen atoms in total.